The summed E-state index contributed by atoms with van der Waals surface area (Å²) >= 11 is 0. The molecule has 0 atom stereocenters. The van der Waals surface area contributed by atoms with Crippen molar-refractivity contribution in [3.8, 4) is 0 Å². The van der Waals surface area contributed by atoms with Crippen molar-refractivity contribution in [1.29, 1.82) is 0 Å². The zero-order valence-corrected chi connectivity index (χ0v) is 16.1. The monoisotopic (exact) mass is 330 g/mol. The van der Waals surface area contributed by atoms with E-state index in [1.807, 2.05) is 0 Å². The van der Waals surface area contributed by atoms with Gasteiger partial charge >= 0.3 is 0 Å². The average Bonchev–Trinajstić information content (AvgIpc) is 2.53. The highest BCUT2D eigenvalue weighted by molar-refractivity contribution is 4.79. The van der Waals surface area contributed by atoms with Crippen molar-refractivity contribution in [3.05, 3.63) is 0 Å². The van der Waals surface area contributed by atoms with Gasteiger partial charge in [0.15, 0.2) is 0 Å². The van der Waals surface area contributed by atoms with Crippen LogP contribution in [0.4, 0.5) is 4.39 Å². The molecule has 0 aromatic rings. The van der Waals surface area contributed by atoms with Crippen LogP contribution >= 0.6 is 0 Å². The maximum absolute atomic E-state index is 14.9. The van der Waals surface area contributed by atoms with Crippen LogP contribution in [-0.4, -0.2) is 17.4 Å². The van der Waals surface area contributed by atoms with E-state index in [0.717, 1.165) is 25.7 Å². The van der Waals surface area contributed by atoms with Crippen molar-refractivity contribution in [2.75, 3.05) is 6.61 Å². The molecule has 0 aromatic heterocycles. The molecule has 0 aromatic carbocycles. The molecular formula is C21H43FO. The van der Waals surface area contributed by atoms with E-state index in [0.29, 0.717) is 19.3 Å². The zero-order chi connectivity index (χ0) is 17.2. The lowest BCUT2D eigenvalue weighted by molar-refractivity contribution is 0.0881. The van der Waals surface area contributed by atoms with E-state index in [1.54, 1.807) is 0 Å². The van der Waals surface area contributed by atoms with Gasteiger partial charge < -0.3 is 5.11 Å². The standard InChI is InChI=1S/C21H43FO/c1-3-5-7-9-11-13-15-17-21(22,19-20-23)18-16-14-12-10-8-6-4-2/h23H,3-20H2,1-2H3. The summed E-state index contributed by atoms with van der Waals surface area (Å²) in [6.07, 6.45) is 18.9. The summed E-state index contributed by atoms with van der Waals surface area (Å²) in [5.41, 5.74) is -1.11. The summed E-state index contributed by atoms with van der Waals surface area (Å²) in [5.74, 6) is 0. The lowest BCUT2D eigenvalue weighted by atomic mass is 9.88. The third-order valence-corrected chi connectivity index (χ3v) is 5.02. The highest BCUT2D eigenvalue weighted by Gasteiger charge is 2.27. The van der Waals surface area contributed by atoms with Crippen LogP contribution in [0.2, 0.25) is 0 Å². The molecule has 0 aliphatic heterocycles. The summed E-state index contributed by atoms with van der Waals surface area (Å²) in [5, 5.41) is 9.16. The zero-order valence-electron chi connectivity index (χ0n) is 16.1. The van der Waals surface area contributed by atoms with Crippen LogP contribution in [0.25, 0.3) is 0 Å². The van der Waals surface area contributed by atoms with E-state index in [1.165, 1.54) is 64.2 Å². The Morgan fingerprint density at radius 3 is 1.26 bits per heavy atom. The van der Waals surface area contributed by atoms with Crippen LogP contribution in [0.15, 0.2) is 0 Å². The first-order chi connectivity index (χ1) is 11.2. The van der Waals surface area contributed by atoms with E-state index >= 15 is 0 Å². The minimum atomic E-state index is -1.11. The Balaban J connectivity index is 3.69. The van der Waals surface area contributed by atoms with Gasteiger partial charge in [-0.25, -0.2) is 4.39 Å². The smallest absolute Gasteiger partial charge is 0.113 e. The SMILES string of the molecule is CCCCCCCCCC(F)(CCO)CCCCCCCCC. The number of halogens is 1. The summed E-state index contributed by atoms with van der Waals surface area (Å²) in [7, 11) is 0. The van der Waals surface area contributed by atoms with Crippen molar-refractivity contribution in [2.24, 2.45) is 0 Å². The van der Waals surface area contributed by atoms with E-state index in [4.69, 9.17) is 5.11 Å². The molecule has 1 nitrogen and oxygen atoms in total. The van der Waals surface area contributed by atoms with Crippen LogP contribution in [0.3, 0.4) is 0 Å². The first kappa shape index (κ1) is 22.9. The van der Waals surface area contributed by atoms with Gasteiger partial charge in [0.05, 0.1) is 0 Å². The number of aliphatic hydroxyl groups excluding tert-OH is 1. The molecule has 0 radical (unpaired) electrons. The van der Waals surface area contributed by atoms with E-state index < -0.39 is 5.67 Å². The second kappa shape index (κ2) is 16.7. The van der Waals surface area contributed by atoms with Gasteiger partial charge in [0.25, 0.3) is 0 Å². The molecular weight excluding hydrogens is 287 g/mol. The predicted molar refractivity (Wildman–Crippen MR) is 101 cm³/mol. The molecule has 0 aliphatic carbocycles. The minimum Gasteiger partial charge on any atom is -0.396 e. The molecule has 0 saturated heterocycles. The largest absolute Gasteiger partial charge is 0.396 e. The quantitative estimate of drug-likeness (QED) is 0.260. The maximum atomic E-state index is 14.9. The molecule has 2 heteroatoms. The number of aliphatic hydroxyl groups is 1. The second-order valence-corrected chi connectivity index (χ2v) is 7.37. The predicted octanol–water partition coefficient (Wildman–Crippen LogP) is 7.36. The number of unbranched alkanes of at least 4 members (excludes halogenated alkanes) is 12. The Bertz CT molecular complexity index is 212. The number of hydrogen-bond acceptors (Lipinski definition) is 1. The Kier molecular flexibility index (Phi) is 16.7. The molecule has 0 saturated carbocycles. The Morgan fingerprint density at radius 2 is 0.913 bits per heavy atom. The second-order valence-electron chi connectivity index (χ2n) is 7.37. The van der Waals surface area contributed by atoms with Crippen LogP contribution in [0.1, 0.15) is 123 Å². The first-order valence-electron chi connectivity index (χ1n) is 10.5. The van der Waals surface area contributed by atoms with Crippen molar-refractivity contribution >= 4 is 0 Å². The number of hydrogen-bond donors (Lipinski definition) is 1. The topological polar surface area (TPSA) is 20.2 Å². The average molecular weight is 331 g/mol. The molecule has 0 unspecified atom stereocenters. The minimum absolute atomic E-state index is 0.0104. The van der Waals surface area contributed by atoms with Gasteiger partial charge in [-0.3, -0.25) is 0 Å². The fourth-order valence-corrected chi connectivity index (χ4v) is 3.37. The summed E-state index contributed by atoms with van der Waals surface area (Å²) in [4.78, 5) is 0. The first-order valence-corrected chi connectivity index (χ1v) is 10.5. The van der Waals surface area contributed by atoms with E-state index in [-0.39, 0.29) is 6.61 Å². The van der Waals surface area contributed by atoms with Crippen molar-refractivity contribution in [3.63, 3.8) is 0 Å². The van der Waals surface area contributed by atoms with Crippen LogP contribution in [0.5, 0.6) is 0 Å². The Hall–Kier alpha value is -0.110. The van der Waals surface area contributed by atoms with Crippen LogP contribution in [-0.2, 0) is 0 Å². The van der Waals surface area contributed by atoms with Gasteiger partial charge in [-0.15, -0.1) is 0 Å². The molecule has 0 spiro atoms. The third kappa shape index (κ3) is 15.2. The molecule has 0 bridgehead atoms. The Labute approximate surface area is 145 Å². The van der Waals surface area contributed by atoms with Gasteiger partial charge in [0.1, 0.15) is 5.67 Å². The summed E-state index contributed by atoms with van der Waals surface area (Å²) in [6, 6.07) is 0. The molecule has 23 heavy (non-hydrogen) atoms. The van der Waals surface area contributed by atoms with E-state index in [2.05, 4.69) is 13.8 Å². The molecule has 1 N–H and O–H groups in total. The van der Waals surface area contributed by atoms with Crippen LogP contribution < -0.4 is 0 Å². The van der Waals surface area contributed by atoms with Crippen LogP contribution in [0, 0.1) is 0 Å². The molecule has 0 amide bonds. The normalized spacial score (nSPS) is 12.0. The van der Waals surface area contributed by atoms with Gasteiger partial charge in [0, 0.05) is 13.0 Å². The van der Waals surface area contributed by atoms with Gasteiger partial charge in [0.2, 0.25) is 0 Å². The highest BCUT2D eigenvalue weighted by Crippen LogP contribution is 2.30. The fourth-order valence-electron chi connectivity index (χ4n) is 3.37. The van der Waals surface area contributed by atoms with Gasteiger partial charge in [-0.05, 0) is 12.8 Å². The molecule has 0 fully saturated rings. The fraction of sp³-hybridized carbons (Fsp3) is 1.00. The maximum Gasteiger partial charge on any atom is 0.113 e. The third-order valence-electron chi connectivity index (χ3n) is 5.02. The van der Waals surface area contributed by atoms with Gasteiger partial charge in [-0.1, -0.05) is 104 Å². The van der Waals surface area contributed by atoms with Gasteiger partial charge in [-0.2, -0.15) is 0 Å². The number of rotatable bonds is 18. The molecule has 140 valence electrons. The van der Waals surface area contributed by atoms with Crippen molar-refractivity contribution < 1.29 is 9.50 Å². The Morgan fingerprint density at radius 1 is 0.565 bits per heavy atom. The van der Waals surface area contributed by atoms with Crippen molar-refractivity contribution in [2.45, 2.75) is 129 Å². The highest BCUT2D eigenvalue weighted by atomic mass is 19.1. The number of alkyl halides is 1. The lowest BCUT2D eigenvalue weighted by Crippen LogP contribution is -2.24. The molecule has 0 heterocycles. The van der Waals surface area contributed by atoms with Crippen molar-refractivity contribution in [1.82, 2.24) is 0 Å². The summed E-state index contributed by atoms with van der Waals surface area (Å²) in [6.45, 7) is 4.45. The molecule has 0 aliphatic rings. The molecule has 0 rings (SSSR count). The summed E-state index contributed by atoms with van der Waals surface area (Å²) < 4.78 is 14.9. The van der Waals surface area contributed by atoms with E-state index in [9.17, 15) is 4.39 Å². The lowest BCUT2D eigenvalue weighted by Gasteiger charge is -2.24.